The van der Waals surface area contributed by atoms with Crippen LogP contribution in [0.1, 0.15) is 19.0 Å². The van der Waals surface area contributed by atoms with Gasteiger partial charge in [0.15, 0.2) is 0 Å². The van der Waals surface area contributed by atoms with Crippen LogP contribution in [0.5, 0.6) is 0 Å². The molecule has 0 fully saturated rings. The minimum atomic E-state index is 0.885. The highest BCUT2D eigenvalue weighted by molar-refractivity contribution is 9.10. The molecule has 11 heavy (non-hydrogen) atoms. The van der Waals surface area contributed by atoms with E-state index in [0.717, 1.165) is 16.7 Å². The first-order valence-corrected chi connectivity index (χ1v) is 4.41. The van der Waals surface area contributed by atoms with Crippen LogP contribution in [0.2, 0.25) is 0 Å². The van der Waals surface area contributed by atoms with Gasteiger partial charge in [-0.25, -0.2) is 4.98 Å². The minimum Gasteiger partial charge on any atom is -0.242 e. The highest BCUT2D eigenvalue weighted by Gasteiger charge is 1.87. The van der Waals surface area contributed by atoms with Gasteiger partial charge in [0.1, 0.15) is 4.60 Å². The summed E-state index contributed by atoms with van der Waals surface area (Å²) in [7, 11) is 0. The lowest BCUT2D eigenvalue weighted by molar-refractivity contribution is 1.21. The summed E-state index contributed by atoms with van der Waals surface area (Å²) in [5.74, 6) is 0. The van der Waals surface area contributed by atoms with E-state index in [2.05, 4.69) is 33.9 Å². The predicted molar refractivity (Wildman–Crippen MR) is 51.3 cm³/mol. The number of aromatic nitrogens is 1. The molecule has 0 atom stereocenters. The van der Waals surface area contributed by atoms with Gasteiger partial charge in [0.05, 0.1) is 5.69 Å². The molecule has 0 aliphatic heterocycles. The number of rotatable bonds is 2. The van der Waals surface area contributed by atoms with Crippen LogP contribution in [-0.2, 0) is 0 Å². The first kappa shape index (κ1) is 8.47. The molecule has 1 rings (SSSR count). The normalized spacial score (nSPS) is 10.7. The maximum absolute atomic E-state index is 4.24. The molecule has 0 aromatic carbocycles. The summed E-state index contributed by atoms with van der Waals surface area (Å²) < 4.78 is 0.885. The van der Waals surface area contributed by atoms with E-state index in [1.165, 1.54) is 0 Å². The second-order valence-electron chi connectivity index (χ2n) is 2.20. The second-order valence-corrected chi connectivity index (χ2v) is 3.01. The van der Waals surface area contributed by atoms with Crippen molar-refractivity contribution in [3.63, 3.8) is 0 Å². The van der Waals surface area contributed by atoms with Crippen LogP contribution in [0.3, 0.4) is 0 Å². The van der Waals surface area contributed by atoms with Crippen molar-refractivity contribution < 1.29 is 0 Å². The zero-order valence-electron chi connectivity index (χ0n) is 6.42. The monoisotopic (exact) mass is 211 g/mol. The Morgan fingerprint density at radius 1 is 1.55 bits per heavy atom. The maximum atomic E-state index is 4.24. The molecule has 0 bridgehead atoms. The van der Waals surface area contributed by atoms with Crippen molar-refractivity contribution in [3.8, 4) is 0 Å². The van der Waals surface area contributed by atoms with Gasteiger partial charge in [-0.2, -0.15) is 0 Å². The third kappa shape index (κ3) is 2.85. The molecule has 0 radical (unpaired) electrons. The van der Waals surface area contributed by atoms with E-state index in [1.807, 2.05) is 24.3 Å². The van der Waals surface area contributed by atoms with Crippen molar-refractivity contribution in [1.82, 2.24) is 4.98 Å². The Balaban J connectivity index is 2.79. The topological polar surface area (TPSA) is 12.9 Å². The number of hydrogen-bond donors (Lipinski definition) is 0. The molecule has 2 heteroatoms. The molecule has 1 heterocycles. The lowest BCUT2D eigenvalue weighted by atomic mass is 10.3. The highest BCUT2D eigenvalue weighted by atomic mass is 79.9. The number of hydrogen-bond acceptors (Lipinski definition) is 1. The van der Waals surface area contributed by atoms with Gasteiger partial charge in [-0.15, -0.1) is 0 Å². The number of pyridine rings is 1. The van der Waals surface area contributed by atoms with Crippen molar-refractivity contribution in [3.05, 3.63) is 34.6 Å². The highest BCUT2D eigenvalue weighted by Crippen LogP contribution is 2.07. The molecule has 0 saturated carbocycles. The molecule has 1 aromatic heterocycles. The lowest BCUT2D eigenvalue weighted by Gasteiger charge is -1.91. The van der Waals surface area contributed by atoms with Gasteiger partial charge in [-0.3, -0.25) is 0 Å². The van der Waals surface area contributed by atoms with Gasteiger partial charge in [-0.05, 0) is 40.6 Å². The molecule has 1 aromatic rings. The zero-order chi connectivity index (χ0) is 8.10. The lowest BCUT2D eigenvalue weighted by Crippen LogP contribution is -1.79. The van der Waals surface area contributed by atoms with Crippen LogP contribution in [0.15, 0.2) is 28.9 Å². The Hall–Kier alpha value is -0.630. The van der Waals surface area contributed by atoms with Crippen molar-refractivity contribution in [2.75, 3.05) is 0 Å². The van der Waals surface area contributed by atoms with Crippen LogP contribution in [0.4, 0.5) is 0 Å². The van der Waals surface area contributed by atoms with E-state index in [9.17, 15) is 0 Å². The Bertz CT molecular complexity index is 255. The van der Waals surface area contributed by atoms with E-state index >= 15 is 0 Å². The molecule has 0 unspecified atom stereocenters. The second kappa shape index (κ2) is 4.29. The van der Waals surface area contributed by atoms with Crippen molar-refractivity contribution in [2.24, 2.45) is 0 Å². The third-order valence-electron chi connectivity index (χ3n) is 1.26. The van der Waals surface area contributed by atoms with E-state index in [4.69, 9.17) is 0 Å². The van der Waals surface area contributed by atoms with Crippen LogP contribution in [-0.4, -0.2) is 4.98 Å². The maximum Gasteiger partial charge on any atom is 0.106 e. The Labute approximate surface area is 75.3 Å². The minimum absolute atomic E-state index is 0.885. The van der Waals surface area contributed by atoms with Crippen LogP contribution < -0.4 is 0 Å². The average Bonchev–Trinajstić information content (AvgIpc) is 2.01. The number of halogens is 1. The Morgan fingerprint density at radius 3 is 3.00 bits per heavy atom. The fourth-order valence-electron chi connectivity index (χ4n) is 0.755. The van der Waals surface area contributed by atoms with Crippen LogP contribution >= 0.6 is 15.9 Å². The van der Waals surface area contributed by atoms with Gasteiger partial charge in [0.25, 0.3) is 0 Å². The number of nitrogens with zero attached hydrogens (tertiary/aromatic N) is 1. The van der Waals surface area contributed by atoms with Gasteiger partial charge in [-0.1, -0.05) is 19.1 Å². The summed E-state index contributed by atoms with van der Waals surface area (Å²) in [4.78, 5) is 4.24. The molecule has 0 aliphatic carbocycles. The standard InChI is InChI=1S/C9H10BrN/c1-2-3-5-8-6-4-7-9(10)11-8/h3-7H,2H2,1H3. The average molecular weight is 212 g/mol. The molecule has 0 aliphatic rings. The van der Waals surface area contributed by atoms with Crippen molar-refractivity contribution in [1.29, 1.82) is 0 Å². The van der Waals surface area contributed by atoms with Crippen LogP contribution in [0, 0.1) is 0 Å². The predicted octanol–water partition coefficient (Wildman–Crippen LogP) is 3.27. The third-order valence-corrected chi connectivity index (χ3v) is 1.70. The summed E-state index contributed by atoms with van der Waals surface area (Å²) in [6.45, 7) is 2.11. The van der Waals surface area contributed by atoms with Crippen molar-refractivity contribution in [2.45, 2.75) is 13.3 Å². The van der Waals surface area contributed by atoms with E-state index < -0.39 is 0 Å². The molecular formula is C9H10BrN. The Kier molecular flexibility index (Phi) is 3.30. The molecule has 0 N–H and O–H groups in total. The van der Waals surface area contributed by atoms with Gasteiger partial charge in [0.2, 0.25) is 0 Å². The molecule has 0 amide bonds. The van der Waals surface area contributed by atoms with E-state index in [1.54, 1.807) is 0 Å². The summed E-state index contributed by atoms with van der Waals surface area (Å²) in [5, 5.41) is 0. The van der Waals surface area contributed by atoms with E-state index in [0.29, 0.717) is 0 Å². The first-order chi connectivity index (χ1) is 5.33. The summed E-state index contributed by atoms with van der Waals surface area (Å²) in [6.07, 6.45) is 5.16. The number of allylic oxidation sites excluding steroid dienone is 1. The van der Waals surface area contributed by atoms with Gasteiger partial charge in [0, 0.05) is 0 Å². The molecule has 0 saturated heterocycles. The Morgan fingerprint density at radius 2 is 2.36 bits per heavy atom. The molecular weight excluding hydrogens is 202 g/mol. The summed E-state index contributed by atoms with van der Waals surface area (Å²) >= 11 is 3.31. The fraction of sp³-hybridized carbons (Fsp3) is 0.222. The fourth-order valence-corrected chi connectivity index (χ4v) is 1.11. The molecule has 58 valence electrons. The van der Waals surface area contributed by atoms with Gasteiger partial charge < -0.3 is 0 Å². The largest absolute Gasteiger partial charge is 0.242 e. The summed E-state index contributed by atoms with van der Waals surface area (Å²) in [5.41, 5.74) is 1.00. The summed E-state index contributed by atoms with van der Waals surface area (Å²) in [6, 6.07) is 5.88. The zero-order valence-corrected chi connectivity index (χ0v) is 8.01. The quantitative estimate of drug-likeness (QED) is 0.685. The first-order valence-electron chi connectivity index (χ1n) is 3.62. The molecule has 0 spiro atoms. The van der Waals surface area contributed by atoms with Crippen LogP contribution in [0.25, 0.3) is 6.08 Å². The smallest absolute Gasteiger partial charge is 0.106 e. The SMILES string of the molecule is CCC=Cc1cccc(Br)n1. The molecule has 1 nitrogen and oxygen atoms in total. The van der Waals surface area contributed by atoms with E-state index in [-0.39, 0.29) is 0 Å². The van der Waals surface area contributed by atoms with Gasteiger partial charge >= 0.3 is 0 Å². The van der Waals surface area contributed by atoms with Crippen molar-refractivity contribution >= 4 is 22.0 Å².